The van der Waals surface area contributed by atoms with Gasteiger partial charge in [0.2, 0.25) is 0 Å². The molecule has 97 valence electrons. The van der Waals surface area contributed by atoms with Gasteiger partial charge in [0.25, 0.3) is 0 Å². The van der Waals surface area contributed by atoms with E-state index in [1.807, 2.05) is 21.1 Å². The predicted molar refractivity (Wildman–Crippen MR) is 72.6 cm³/mol. The van der Waals surface area contributed by atoms with E-state index in [-0.39, 0.29) is 5.54 Å². The van der Waals surface area contributed by atoms with Crippen LogP contribution in [0.5, 0.6) is 0 Å². The fourth-order valence-corrected chi connectivity index (χ4v) is 1.94. The molecule has 0 aliphatic rings. The Labute approximate surface area is 102 Å². The van der Waals surface area contributed by atoms with Crippen molar-refractivity contribution in [2.24, 2.45) is 5.92 Å². The predicted octanol–water partition coefficient (Wildman–Crippen LogP) is 1.41. The Hall–Kier alpha value is -0.120. The number of hydrogen-bond acceptors (Lipinski definition) is 3. The highest BCUT2D eigenvalue weighted by Gasteiger charge is 2.31. The summed E-state index contributed by atoms with van der Waals surface area (Å²) in [6.07, 6.45) is 3.55. The highest BCUT2D eigenvalue weighted by Crippen LogP contribution is 2.19. The van der Waals surface area contributed by atoms with Crippen LogP contribution in [0, 0.1) is 12.3 Å². The second-order valence-electron chi connectivity index (χ2n) is 5.23. The molecule has 0 saturated heterocycles. The van der Waals surface area contributed by atoms with Gasteiger partial charge in [0.05, 0.1) is 0 Å². The van der Waals surface area contributed by atoms with E-state index < -0.39 is 0 Å². The Balaban J connectivity index is 4.47. The molecule has 0 fully saturated rings. The number of hydrogen-bond donors (Lipinski definition) is 3. The molecule has 0 heterocycles. The van der Waals surface area contributed by atoms with Crippen LogP contribution in [0.25, 0.3) is 0 Å². The Morgan fingerprint density at radius 3 is 1.94 bits per heavy atom. The molecule has 0 rings (SSSR count). The molecule has 0 bridgehead atoms. The zero-order valence-corrected chi connectivity index (χ0v) is 12.0. The standard InChI is InChI=1S/C13H30N3/c1-10(2)8-12(15-6)9-13(4,16-7)11(3)14-5/h9-12,14-16H,8H2,1-7H3. The normalized spacial score (nSPS) is 19.5. The van der Waals surface area contributed by atoms with Gasteiger partial charge in [0.15, 0.2) is 0 Å². The largest absolute Gasteiger partial charge is 0.317 e. The summed E-state index contributed by atoms with van der Waals surface area (Å²) in [5.41, 5.74) is 0.0112. The van der Waals surface area contributed by atoms with Gasteiger partial charge in [-0.1, -0.05) is 13.8 Å². The molecule has 3 unspecified atom stereocenters. The van der Waals surface area contributed by atoms with E-state index in [0.29, 0.717) is 18.0 Å². The maximum atomic E-state index is 3.41. The van der Waals surface area contributed by atoms with Crippen LogP contribution < -0.4 is 16.0 Å². The minimum Gasteiger partial charge on any atom is -0.317 e. The fourth-order valence-electron chi connectivity index (χ4n) is 1.94. The maximum Gasteiger partial charge on any atom is 0.0348 e. The molecule has 16 heavy (non-hydrogen) atoms. The van der Waals surface area contributed by atoms with Crippen LogP contribution in [0.3, 0.4) is 0 Å². The summed E-state index contributed by atoms with van der Waals surface area (Å²) >= 11 is 0. The Morgan fingerprint density at radius 1 is 1.06 bits per heavy atom. The third kappa shape index (κ3) is 4.81. The molecule has 0 spiro atoms. The van der Waals surface area contributed by atoms with Crippen molar-refractivity contribution < 1.29 is 0 Å². The fraction of sp³-hybridized carbons (Fsp3) is 0.923. The van der Waals surface area contributed by atoms with Crippen LogP contribution in [0.15, 0.2) is 0 Å². The van der Waals surface area contributed by atoms with Crippen LogP contribution in [-0.2, 0) is 0 Å². The van der Waals surface area contributed by atoms with Crippen molar-refractivity contribution in [2.75, 3.05) is 21.1 Å². The third-order valence-corrected chi connectivity index (χ3v) is 3.51. The monoisotopic (exact) mass is 228 g/mol. The average Bonchev–Trinajstić information content (AvgIpc) is 2.26. The first-order valence-corrected chi connectivity index (χ1v) is 6.29. The molecule has 0 aromatic carbocycles. The lowest BCUT2D eigenvalue weighted by Gasteiger charge is -2.38. The number of nitrogens with one attached hydrogen (secondary N) is 3. The van der Waals surface area contributed by atoms with Crippen molar-refractivity contribution >= 4 is 0 Å². The minimum atomic E-state index is 0.0112. The molecule has 0 aromatic rings. The summed E-state index contributed by atoms with van der Waals surface area (Å²) in [6, 6.07) is 0.855. The average molecular weight is 228 g/mol. The van der Waals surface area contributed by atoms with E-state index in [1.165, 1.54) is 6.42 Å². The summed E-state index contributed by atoms with van der Waals surface area (Å²) in [5.74, 6) is 0.708. The quantitative estimate of drug-likeness (QED) is 0.588. The molecule has 0 saturated carbocycles. The second-order valence-corrected chi connectivity index (χ2v) is 5.23. The zero-order chi connectivity index (χ0) is 12.8. The highest BCUT2D eigenvalue weighted by molar-refractivity contribution is 5.07. The van der Waals surface area contributed by atoms with Crippen LogP contribution in [0.4, 0.5) is 0 Å². The van der Waals surface area contributed by atoms with Gasteiger partial charge in [-0.25, -0.2) is 0 Å². The molecule has 0 aliphatic heterocycles. The smallest absolute Gasteiger partial charge is 0.0348 e. The molecule has 3 N–H and O–H groups in total. The van der Waals surface area contributed by atoms with Crippen molar-refractivity contribution in [3.63, 3.8) is 0 Å². The van der Waals surface area contributed by atoms with E-state index in [9.17, 15) is 0 Å². The minimum absolute atomic E-state index is 0.0112. The van der Waals surface area contributed by atoms with E-state index in [1.54, 1.807) is 0 Å². The highest BCUT2D eigenvalue weighted by atomic mass is 15.0. The lowest BCUT2D eigenvalue weighted by atomic mass is 9.84. The van der Waals surface area contributed by atoms with Gasteiger partial charge < -0.3 is 16.0 Å². The third-order valence-electron chi connectivity index (χ3n) is 3.51. The van der Waals surface area contributed by atoms with Crippen LogP contribution in [0.1, 0.15) is 34.1 Å². The number of likely N-dealkylation sites (N-methyl/N-ethyl adjacent to an activating group) is 2. The van der Waals surface area contributed by atoms with E-state index in [4.69, 9.17) is 0 Å². The second kappa shape index (κ2) is 7.25. The molecule has 1 radical (unpaired) electrons. The van der Waals surface area contributed by atoms with Crippen molar-refractivity contribution in [2.45, 2.75) is 51.7 Å². The van der Waals surface area contributed by atoms with E-state index in [2.05, 4.69) is 50.1 Å². The summed E-state index contributed by atoms with van der Waals surface area (Å²) in [7, 11) is 6.06. The number of rotatable bonds is 8. The van der Waals surface area contributed by atoms with Crippen LogP contribution in [-0.4, -0.2) is 38.8 Å². The first kappa shape index (κ1) is 15.9. The topological polar surface area (TPSA) is 36.1 Å². The Bertz CT molecular complexity index is 182. The molecule has 3 nitrogen and oxygen atoms in total. The van der Waals surface area contributed by atoms with Gasteiger partial charge >= 0.3 is 0 Å². The van der Waals surface area contributed by atoms with Gasteiger partial charge in [-0.3, -0.25) is 0 Å². The van der Waals surface area contributed by atoms with Gasteiger partial charge in [-0.2, -0.15) is 0 Å². The van der Waals surface area contributed by atoms with Crippen LogP contribution >= 0.6 is 0 Å². The zero-order valence-electron chi connectivity index (χ0n) is 12.0. The van der Waals surface area contributed by atoms with Gasteiger partial charge in [-0.15, -0.1) is 0 Å². The Kier molecular flexibility index (Phi) is 7.20. The van der Waals surface area contributed by atoms with Crippen molar-refractivity contribution in [3.8, 4) is 0 Å². The van der Waals surface area contributed by atoms with Crippen LogP contribution in [0.2, 0.25) is 0 Å². The Morgan fingerprint density at radius 2 is 1.62 bits per heavy atom. The van der Waals surface area contributed by atoms with E-state index in [0.717, 1.165) is 0 Å². The summed E-state index contributed by atoms with van der Waals surface area (Å²) < 4.78 is 0. The molecule has 0 aromatic heterocycles. The lowest BCUT2D eigenvalue weighted by Crippen LogP contribution is -2.57. The summed E-state index contributed by atoms with van der Waals surface area (Å²) in [4.78, 5) is 0. The van der Waals surface area contributed by atoms with Crippen molar-refractivity contribution in [1.82, 2.24) is 16.0 Å². The summed E-state index contributed by atoms with van der Waals surface area (Å²) in [5, 5.41) is 10.1. The van der Waals surface area contributed by atoms with Gasteiger partial charge in [0, 0.05) is 17.6 Å². The van der Waals surface area contributed by atoms with E-state index >= 15 is 0 Å². The van der Waals surface area contributed by atoms with Gasteiger partial charge in [0.1, 0.15) is 0 Å². The first-order valence-electron chi connectivity index (χ1n) is 6.29. The van der Waals surface area contributed by atoms with Crippen molar-refractivity contribution in [3.05, 3.63) is 6.42 Å². The first-order chi connectivity index (χ1) is 7.39. The molecule has 3 heteroatoms. The molecule has 3 atom stereocenters. The molecular weight excluding hydrogens is 198 g/mol. The van der Waals surface area contributed by atoms with Crippen molar-refractivity contribution in [1.29, 1.82) is 0 Å². The molecular formula is C13H30N3. The molecule has 0 amide bonds. The molecule has 0 aliphatic carbocycles. The maximum absolute atomic E-state index is 3.41. The summed E-state index contributed by atoms with van der Waals surface area (Å²) in [6.45, 7) is 8.96. The lowest BCUT2D eigenvalue weighted by molar-refractivity contribution is 0.305. The van der Waals surface area contributed by atoms with Gasteiger partial charge in [-0.05, 0) is 53.8 Å². The SMILES string of the molecule is CNC([CH]C(C)(NC)C(C)NC)CC(C)C.